The summed E-state index contributed by atoms with van der Waals surface area (Å²) in [6, 6.07) is 18.4. The van der Waals surface area contributed by atoms with E-state index in [-0.39, 0.29) is 0 Å². The van der Waals surface area contributed by atoms with Crippen molar-refractivity contribution in [2.75, 3.05) is 44.7 Å². The van der Waals surface area contributed by atoms with E-state index in [2.05, 4.69) is 44.7 Å². The predicted molar refractivity (Wildman–Crippen MR) is 105 cm³/mol. The van der Waals surface area contributed by atoms with Gasteiger partial charge >= 0.3 is 0 Å². The maximum atomic E-state index is 5.42. The van der Waals surface area contributed by atoms with Crippen molar-refractivity contribution in [2.24, 2.45) is 0 Å². The molecule has 5 heteroatoms. The lowest BCUT2D eigenvalue weighted by atomic mass is 10.1. The second-order valence-corrected chi connectivity index (χ2v) is 6.54. The molecule has 0 unspecified atom stereocenters. The lowest BCUT2D eigenvalue weighted by molar-refractivity contribution is 0.0378. The lowest BCUT2D eigenvalue weighted by Crippen LogP contribution is -2.37. The molecule has 0 saturated carbocycles. The van der Waals surface area contributed by atoms with Crippen LogP contribution in [0, 0.1) is 0 Å². The molecule has 0 radical (unpaired) electrons. The van der Waals surface area contributed by atoms with Crippen molar-refractivity contribution in [2.45, 2.75) is 6.42 Å². The monoisotopic (exact) mass is 348 g/mol. The fourth-order valence-corrected chi connectivity index (χ4v) is 3.37. The van der Waals surface area contributed by atoms with Gasteiger partial charge in [-0.15, -0.1) is 10.2 Å². The third-order valence-electron chi connectivity index (χ3n) is 4.77. The van der Waals surface area contributed by atoms with Crippen LogP contribution in [-0.2, 0) is 4.74 Å². The molecule has 26 heavy (non-hydrogen) atoms. The molecule has 1 saturated heterocycles. The number of fused-ring (bicyclic) bond motifs is 1. The average Bonchev–Trinajstić information content (AvgIpc) is 2.72. The Morgan fingerprint density at radius 3 is 2.54 bits per heavy atom. The molecule has 2 heterocycles. The van der Waals surface area contributed by atoms with Gasteiger partial charge in [0.15, 0.2) is 0 Å². The van der Waals surface area contributed by atoms with Crippen LogP contribution in [0.1, 0.15) is 6.42 Å². The van der Waals surface area contributed by atoms with E-state index in [1.807, 2.05) is 30.3 Å². The van der Waals surface area contributed by atoms with Crippen LogP contribution < -0.4 is 5.32 Å². The number of hydrogen-bond donors (Lipinski definition) is 1. The molecule has 1 aliphatic rings. The smallest absolute Gasteiger partial charge is 0.117 e. The van der Waals surface area contributed by atoms with Gasteiger partial charge in [0.05, 0.1) is 24.4 Å². The Morgan fingerprint density at radius 2 is 1.69 bits per heavy atom. The average molecular weight is 348 g/mol. The number of benzene rings is 2. The van der Waals surface area contributed by atoms with Gasteiger partial charge in [0.1, 0.15) is 5.69 Å². The van der Waals surface area contributed by atoms with E-state index in [4.69, 9.17) is 4.74 Å². The molecular formula is C21H24N4O. The Kier molecular flexibility index (Phi) is 5.38. The number of rotatable bonds is 6. The molecule has 0 aliphatic carbocycles. The maximum Gasteiger partial charge on any atom is 0.117 e. The third-order valence-corrected chi connectivity index (χ3v) is 4.77. The highest BCUT2D eigenvalue weighted by Crippen LogP contribution is 2.31. The Morgan fingerprint density at radius 1 is 0.923 bits per heavy atom. The van der Waals surface area contributed by atoms with E-state index >= 15 is 0 Å². The van der Waals surface area contributed by atoms with Crippen LogP contribution in [-0.4, -0.2) is 54.5 Å². The first-order valence-electron chi connectivity index (χ1n) is 9.26. The molecule has 2 aromatic carbocycles. The van der Waals surface area contributed by atoms with Crippen molar-refractivity contribution in [1.82, 2.24) is 15.1 Å². The third kappa shape index (κ3) is 3.84. The molecule has 5 nitrogen and oxygen atoms in total. The minimum absolute atomic E-state index is 0.852. The van der Waals surface area contributed by atoms with E-state index in [0.717, 1.165) is 73.7 Å². The van der Waals surface area contributed by atoms with Crippen LogP contribution in [0.25, 0.3) is 22.2 Å². The zero-order chi connectivity index (χ0) is 17.6. The SMILES string of the molecule is c1ccc(-c2nnc3ccccc3c2NCCCN2CCOCC2)cc1. The molecule has 1 N–H and O–H groups in total. The molecule has 1 aliphatic heterocycles. The Balaban J connectivity index is 1.53. The summed E-state index contributed by atoms with van der Waals surface area (Å²) < 4.78 is 5.42. The van der Waals surface area contributed by atoms with E-state index in [0.29, 0.717) is 0 Å². The minimum Gasteiger partial charge on any atom is -0.383 e. The van der Waals surface area contributed by atoms with Crippen molar-refractivity contribution in [3.8, 4) is 11.3 Å². The molecule has 134 valence electrons. The highest BCUT2D eigenvalue weighted by molar-refractivity contribution is 5.97. The van der Waals surface area contributed by atoms with Crippen LogP contribution in [0.2, 0.25) is 0 Å². The lowest BCUT2D eigenvalue weighted by Gasteiger charge is -2.26. The zero-order valence-electron chi connectivity index (χ0n) is 14.9. The molecule has 0 amide bonds. The molecule has 1 fully saturated rings. The van der Waals surface area contributed by atoms with E-state index in [9.17, 15) is 0 Å². The van der Waals surface area contributed by atoms with Crippen LogP contribution in [0.15, 0.2) is 54.6 Å². The zero-order valence-corrected chi connectivity index (χ0v) is 14.9. The number of nitrogens with zero attached hydrogens (tertiary/aromatic N) is 3. The fourth-order valence-electron chi connectivity index (χ4n) is 3.37. The summed E-state index contributed by atoms with van der Waals surface area (Å²) >= 11 is 0. The normalized spacial score (nSPS) is 15.2. The summed E-state index contributed by atoms with van der Waals surface area (Å²) in [5, 5.41) is 13.7. The van der Waals surface area contributed by atoms with Gasteiger partial charge in [-0.25, -0.2) is 0 Å². The van der Waals surface area contributed by atoms with Crippen molar-refractivity contribution >= 4 is 16.6 Å². The van der Waals surface area contributed by atoms with E-state index in [1.54, 1.807) is 0 Å². The first-order chi connectivity index (χ1) is 12.9. The number of morpholine rings is 1. The quantitative estimate of drug-likeness (QED) is 0.692. The molecule has 0 atom stereocenters. The maximum absolute atomic E-state index is 5.42. The molecule has 1 aromatic heterocycles. The topological polar surface area (TPSA) is 50.3 Å². The predicted octanol–water partition coefficient (Wildman–Crippen LogP) is 3.43. The van der Waals surface area contributed by atoms with Gasteiger partial charge in [-0.3, -0.25) is 4.90 Å². The van der Waals surface area contributed by atoms with Gasteiger partial charge in [0.2, 0.25) is 0 Å². The Bertz CT molecular complexity index is 847. The van der Waals surface area contributed by atoms with Gasteiger partial charge in [0.25, 0.3) is 0 Å². The Labute approximate surface area is 154 Å². The van der Waals surface area contributed by atoms with Crippen molar-refractivity contribution < 1.29 is 4.74 Å². The standard InChI is InChI=1S/C21H24N4O/c1-2-7-17(8-3-1)20-21(18-9-4-5-10-19(18)23-24-20)22-11-6-12-25-13-15-26-16-14-25/h1-5,7-10H,6,11-16H2,(H,22,23). The number of ether oxygens (including phenoxy) is 1. The van der Waals surface area contributed by atoms with Gasteiger partial charge in [-0.1, -0.05) is 48.5 Å². The molecule has 0 bridgehead atoms. The molecule has 3 aromatic rings. The summed E-state index contributed by atoms with van der Waals surface area (Å²) in [6.07, 6.45) is 1.09. The largest absolute Gasteiger partial charge is 0.383 e. The van der Waals surface area contributed by atoms with Crippen LogP contribution >= 0.6 is 0 Å². The van der Waals surface area contributed by atoms with Crippen LogP contribution in [0.4, 0.5) is 5.69 Å². The first-order valence-corrected chi connectivity index (χ1v) is 9.26. The van der Waals surface area contributed by atoms with Crippen molar-refractivity contribution in [1.29, 1.82) is 0 Å². The molecule has 4 rings (SSSR count). The highest BCUT2D eigenvalue weighted by Gasteiger charge is 2.13. The number of aromatic nitrogens is 2. The second kappa shape index (κ2) is 8.25. The fraction of sp³-hybridized carbons (Fsp3) is 0.333. The summed E-state index contributed by atoms with van der Waals surface area (Å²) in [4.78, 5) is 2.46. The Hall–Kier alpha value is -2.50. The van der Waals surface area contributed by atoms with Gasteiger partial charge < -0.3 is 10.1 Å². The molecular weight excluding hydrogens is 324 g/mol. The van der Waals surface area contributed by atoms with E-state index in [1.165, 1.54) is 0 Å². The van der Waals surface area contributed by atoms with Crippen LogP contribution in [0.3, 0.4) is 0 Å². The minimum atomic E-state index is 0.852. The highest BCUT2D eigenvalue weighted by atomic mass is 16.5. The first kappa shape index (κ1) is 16.9. The van der Waals surface area contributed by atoms with Crippen molar-refractivity contribution in [3.05, 3.63) is 54.6 Å². The van der Waals surface area contributed by atoms with Gasteiger partial charge in [-0.2, -0.15) is 0 Å². The van der Waals surface area contributed by atoms with Gasteiger partial charge in [-0.05, 0) is 19.0 Å². The summed E-state index contributed by atoms with van der Waals surface area (Å²) in [5.74, 6) is 0. The summed E-state index contributed by atoms with van der Waals surface area (Å²) in [7, 11) is 0. The van der Waals surface area contributed by atoms with Crippen LogP contribution in [0.5, 0.6) is 0 Å². The number of hydrogen-bond acceptors (Lipinski definition) is 5. The molecule has 0 spiro atoms. The second-order valence-electron chi connectivity index (χ2n) is 6.54. The van der Waals surface area contributed by atoms with Crippen molar-refractivity contribution in [3.63, 3.8) is 0 Å². The number of anilines is 1. The number of nitrogens with one attached hydrogen (secondary N) is 1. The van der Waals surface area contributed by atoms with E-state index < -0.39 is 0 Å². The summed E-state index contributed by atoms with van der Waals surface area (Å²) in [5.41, 5.74) is 3.99. The van der Waals surface area contributed by atoms with Gasteiger partial charge in [0, 0.05) is 30.6 Å². The summed E-state index contributed by atoms with van der Waals surface area (Å²) in [6.45, 7) is 5.78.